The lowest BCUT2D eigenvalue weighted by Crippen LogP contribution is -2.44. The fourth-order valence-corrected chi connectivity index (χ4v) is 7.07. The average Bonchev–Trinajstić information content (AvgIpc) is 2.55. The molecule has 136 valence electrons. The van der Waals surface area contributed by atoms with Crippen molar-refractivity contribution in [1.82, 2.24) is 0 Å². The Morgan fingerprint density at radius 2 is 1.00 bits per heavy atom. The maximum Gasteiger partial charge on any atom is 0.345 e. The number of hydrogen-bond acceptors (Lipinski definition) is 5. The normalized spacial score (nSPS) is 15.1. The van der Waals surface area contributed by atoms with Crippen LogP contribution in [0.3, 0.4) is 0 Å². The lowest BCUT2D eigenvalue weighted by atomic mass is 10.2. The van der Waals surface area contributed by atoms with E-state index in [0.717, 1.165) is 12.8 Å². The molecule has 0 bridgehead atoms. The highest BCUT2D eigenvalue weighted by atomic mass is 28.4. The highest BCUT2D eigenvalue weighted by Gasteiger charge is 2.44. The van der Waals surface area contributed by atoms with E-state index in [-0.39, 0.29) is 11.1 Å². The van der Waals surface area contributed by atoms with Crippen molar-refractivity contribution in [2.75, 3.05) is 28.4 Å². The Balaban J connectivity index is 5.23. The summed E-state index contributed by atoms with van der Waals surface area (Å²) in [6.45, 7) is 16.4. The quantitative estimate of drug-likeness (QED) is 0.382. The summed E-state index contributed by atoms with van der Waals surface area (Å²) in [5, 5.41) is 0. The Kier molecular flexibility index (Phi) is 9.56. The third-order valence-electron chi connectivity index (χ3n) is 4.74. The zero-order valence-electron chi connectivity index (χ0n) is 16.0. The Labute approximate surface area is 144 Å². The molecule has 0 radical (unpaired) electrons. The number of ether oxygens (including phenoxy) is 1. The van der Waals surface area contributed by atoms with Crippen molar-refractivity contribution in [3.05, 3.63) is 24.7 Å². The molecule has 0 spiro atoms. The van der Waals surface area contributed by atoms with Gasteiger partial charge in [-0.1, -0.05) is 27.0 Å². The van der Waals surface area contributed by atoms with Gasteiger partial charge in [0, 0.05) is 28.4 Å². The highest BCUT2D eigenvalue weighted by Crippen LogP contribution is 2.39. The summed E-state index contributed by atoms with van der Waals surface area (Å²) < 4.78 is 28.6. The summed E-state index contributed by atoms with van der Waals surface area (Å²) in [5.41, 5.74) is 0.0366. The fourth-order valence-electron chi connectivity index (χ4n) is 2.83. The Hall–Kier alpha value is -0.446. The molecule has 0 aliphatic heterocycles. The standard InChI is InChI=1S/C16H34O5Si2/c1-11-15(22(9,17-5)18-6)13(3)21-14(4)16(12-2)23(10,19-7)20-8/h15-16H,3-4,11-12H2,1-2,5-10H3. The van der Waals surface area contributed by atoms with E-state index in [4.69, 9.17) is 22.4 Å². The summed E-state index contributed by atoms with van der Waals surface area (Å²) in [6, 6.07) is 0. The molecule has 23 heavy (non-hydrogen) atoms. The molecule has 0 fully saturated rings. The highest BCUT2D eigenvalue weighted by molar-refractivity contribution is 6.68. The summed E-state index contributed by atoms with van der Waals surface area (Å²) in [4.78, 5) is 0. The Morgan fingerprint density at radius 1 is 0.739 bits per heavy atom. The van der Waals surface area contributed by atoms with Crippen LogP contribution in [0, 0.1) is 0 Å². The summed E-state index contributed by atoms with van der Waals surface area (Å²) in [7, 11) is 1.94. The van der Waals surface area contributed by atoms with Crippen LogP contribution in [0.5, 0.6) is 0 Å². The lowest BCUT2D eigenvalue weighted by Gasteiger charge is -2.35. The van der Waals surface area contributed by atoms with Crippen molar-refractivity contribution in [1.29, 1.82) is 0 Å². The van der Waals surface area contributed by atoms with Gasteiger partial charge in [-0.25, -0.2) is 0 Å². The van der Waals surface area contributed by atoms with E-state index >= 15 is 0 Å². The van der Waals surface area contributed by atoms with Crippen molar-refractivity contribution in [3.63, 3.8) is 0 Å². The van der Waals surface area contributed by atoms with Gasteiger partial charge in [0.1, 0.15) is 11.5 Å². The fraction of sp³-hybridized carbons (Fsp3) is 0.750. The van der Waals surface area contributed by atoms with Crippen molar-refractivity contribution >= 4 is 17.1 Å². The van der Waals surface area contributed by atoms with Gasteiger partial charge in [-0.3, -0.25) is 0 Å². The molecule has 0 saturated heterocycles. The maximum atomic E-state index is 6.02. The first kappa shape index (κ1) is 22.6. The number of rotatable bonds is 12. The first-order valence-corrected chi connectivity index (χ1v) is 12.7. The van der Waals surface area contributed by atoms with E-state index in [1.807, 2.05) is 13.1 Å². The minimum atomic E-state index is -2.38. The predicted molar refractivity (Wildman–Crippen MR) is 98.7 cm³/mol. The molecule has 0 rings (SSSR count). The molecule has 7 heteroatoms. The van der Waals surface area contributed by atoms with E-state index < -0.39 is 17.1 Å². The Bertz CT molecular complexity index is 356. The van der Waals surface area contributed by atoms with Crippen LogP contribution in [-0.2, 0) is 22.4 Å². The molecule has 0 aromatic carbocycles. The van der Waals surface area contributed by atoms with Crippen molar-refractivity contribution in [3.8, 4) is 0 Å². The molecule has 2 unspecified atom stereocenters. The van der Waals surface area contributed by atoms with Gasteiger partial charge in [0.15, 0.2) is 0 Å². The summed E-state index contributed by atoms with van der Waals surface area (Å²) in [6.07, 6.45) is 1.66. The van der Waals surface area contributed by atoms with Crippen LogP contribution in [0.4, 0.5) is 0 Å². The molecule has 0 aliphatic rings. The van der Waals surface area contributed by atoms with E-state index in [2.05, 4.69) is 27.0 Å². The second kappa shape index (κ2) is 9.75. The molecule has 0 aromatic rings. The molecule has 0 aliphatic carbocycles. The second-order valence-electron chi connectivity index (χ2n) is 5.80. The van der Waals surface area contributed by atoms with E-state index in [1.54, 1.807) is 28.4 Å². The van der Waals surface area contributed by atoms with E-state index in [1.165, 1.54) is 0 Å². The molecule has 2 atom stereocenters. The van der Waals surface area contributed by atoms with Gasteiger partial charge in [0.2, 0.25) is 0 Å². The SMILES string of the molecule is C=C(OC(=C)C(CC)[Si](C)(OC)OC)C(CC)[Si](C)(OC)OC. The summed E-state index contributed by atoms with van der Waals surface area (Å²) in [5.74, 6) is 1.27. The molecule has 5 nitrogen and oxygen atoms in total. The first-order chi connectivity index (χ1) is 10.7. The van der Waals surface area contributed by atoms with Crippen molar-refractivity contribution in [2.45, 2.75) is 50.9 Å². The van der Waals surface area contributed by atoms with Gasteiger partial charge in [-0.2, -0.15) is 0 Å². The third kappa shape index (κ3) is 5.27. The van der Waals surface area contributed by atoms with Crippen molar-refractivity contribution < 1.29 is 22.4 Å². The van der Waals surface area contributed by atoms with Crippen LogP contribution >= 0.6 is 0 Å². The average molecular weight is 363 g/mol. The van der Waals surface area contributed by atoms with Gasteiger partial charge in [0.05, 0.1) is 11.1 Å². The topological polar surface area (TPSA) is 46.2 Å². The number of allylic oxidation sites excluding steroid dienone is 2. The van der Waals surface area contributed by atoms with E-state index in [9.17, 15) is 0 Å². The summed E-state index contributed by atoms with van der Waals surface area (Å²) >= 11 is 0. The zero-order chi connectivity index (χ0) is 18.3. The minimum Gasteiger partial charge on any atom is -0.467 e. The van der Waals surface area contributed by atoms with Crippen LogP contribution < -0.4 is 0 Å². The third-order valence-corrected chi connectivity index (χ3v) is 12.0. The monoisotopic (exact) mass is 362 g/mol. The van der Waals surface area contributed by atoms with Crippen molar-refractivity contribution in [2.24, 2.45) is 0 Å². The number of hydrogen-bond donors (Lipinski definition) is 0. The van der Waals surface area contributed by atoms with Gasteiger partial charge < -0.3 is 22.4 Å². The van der Waals surface area contributed by atoms with Crippen LogP contribution in [0.15, 0.2) is 24.7 Å². The van der Waals surface area contributed by atoms with Crippen LogP contribution in [0.25, 0.3) is 0 Å². The van der Waals surface area contributed by atoms with Gasteiger partial charge in [-0.15, -0.1) is 0 Å². The first-order valence-electron chi connectivity index (χ1n) is 7.95. The van der Waals surface area contributed by atoms with Gasteiger partial charge in [0.25, 0.3) is 0 Å². The molecule has 0 N–H and O–H groups in total. The van der Waals surface area contributed by atoms with Crippen LogP contribution in [0.1, 0.15) is 26.7 Å². The second-order valence-corrected chi connectivity index (χ2v) is 12.9. The minimum absolute atomic E-state index is 0.0183. The van der Waals surface area contributed by atoms with E-state index in [0.29, 0.717) is 11.5 Å². The lowest BCUT2D eigenvalue weighted by molar-refractivity contribution is 0.197. The smallest absolute Gasteiger partial charge is 0.345 e. The predicted octanol–water partition coefficient (Wildman–Crippen LogP) is 4.32. The maximum absolute atomic E-state index is 6.02. The van der Waals surface area contributed by atoms with Gasteiger partial charge in [-0.05, 0) is 25.9 Å². The molecular formula is C16H34O5Si2. The zero-order valence-corrected chi connectivity index (χ0v) is 18.0. The van der Waals surface area contributed by atoms with Gasteiger partial charge >= 0.3 is 17.1 Å². The molecule has 0 aromatic heterocycles. The molecular weight excluding hydrogens is 328 g/mol. The van der Waals surface area contributed by atoms with Crippen LogP contribution in [-0.4, -0.2) is 45.6 Å². The molecule has 0 heterocycles. The van der Waals surface area contributed by atoms with Crippen LogP contribution in [0.2, 0.25) is 24.2 Å². The molecule has 0 saturated carbocycles. The largest absolute Gasteiger partial charge is 0.467 e. The Morgan fingerprint density at radius 3 is 1.17 bits per heavy atom. The molecule has 0 amide bonds.